The molecule has 0 saturated carbocycles. The van der Waals surface area contributed by atoms with Gasteiger partial charge in [0.25, 0.3) is 0 Å². The predicted octanol–water partition coefficient (Wildman–Crippen LogP) is 2.46. The Bertz CT molecular complexity index is 372. The van der Waals surface area contributed by atoms with Crippen LogP contribution >= 0.6 is 0 Å². The number of benzene rings is 1. The van der Waals surface area contributed by atoms with Gasteiger partial charge in [-0.1, -0.05) is 24.8 Å². The van der Waals surface area contributed by atoms with E-state index in [9.17, 15) is 4.79 Å². The fraction of sp³-hybridized carbons (Fsp3) is 0.308. The Morgan fingerprint density at radius 2 is 2.06 bits per heavy atom. The Hall–Kier alpha value is -1.81. The summed E-state index contributed by atoms with van der Waals surface area (Å²) in [6.07, 6.45) is -0.482. The second kappa shape index (κ2) is 6.70. The zero-order valence-electron chi connectivity index (χ0n) is 9.76. The molecule has 0 aromatic heterocycles. The van der Waals surface area contributed by atoms with Crippen LogP contribution in [0.4, 0.5) is 0 Å². The first-order valence-electron chi connectivity index (χ1n) is 5.38. The van der Waals surface area contributed by atoms with Gasteiger partial charge in [-0.25, -0.2) is 4.79 Å². The predicted molar refractivity (Wildman–Crippen MR) is 63.9 cm³/mol. The number of carbonyl (C=O) groups is 1. The summed E-state index contributed by atoms with van der Waals surface area (Å²) in [5.41, 5.74) is 0.0689. The number of hydrogen-bond acceptors (Lipinski definition) is 3. The average Bonchev–Trinajstić information content (AvgIpc) is 2.30. The third-order valence-electron chi connectivity index (χ3n) is 2.08. The molecule has 4 nitrogen and oxygen atoms in total. The number of carboxylic acid groups (broad SMARTS) is 1. The molecular formula is C13H16O4. The minimum atomic E-state index is -1.04. The number of carboxylic acids is 1. The number of hydrogen-bond donors (Lipinski definition) is 1. The van der Waals surface area contributed by atoms with Gasteiger partial charge in [0.05, 0.1) is 0 Å². The maximum absolute atomic E-state index is 10.7. The van der Waals surface area contributed by atoms with Crippen LogP contribution in [0.5, 0.6) is 5.75 Å². The first-order chi connectivity index (χ1) is 8.13. The number of aliphatic carboxylic acids is 1. The normalized spacial score (nSPS) is 11.8. The van der Waals surface area contributed by atoms with E-state index in [4.69, 9.17) is 14.6 Å². The maximum Gasteiger partial charge on any atom is 0.331 e. The zero-order valence-corrected chi connectivity index (χ0v) is 9.76. The van der Waals surface area contributed by atoms with Gasteiger partial charge >= 0.3 is 5.97 Å². The van der Waals surface area contributed by atoms with Gasteiger partial charge in [0.15, 0.2) is 0 Å². The fourth-order valence-corrected chi connectivity index (χ4v) is 1.26. The molecule has 1 aromatic rings. The van der Waals surface area contributed by atoms with E-state index in [1.54, 1.807) is 12.1 Å². The molecule has 4 heteroatoms. The topological polar surface area (TPSA) is 55.8 Å². The van der Waals surface area contributed by atoms with Crippen molar-refractivity contribution in [1.29, 1.82) is 0 Å². The van der Waals surface area contributed by atoms with Crippen LogP contribution in [0.3, 0.4) is 0 Å². The van der Waals surface area contributed by atoms with E-state index in [2.05, 4.69) is 6.58 Å². The molecule has 1 rings (SSSR count). The quantitative estimate of drug-likeness (QED) is 0.583. The lowest BCUT2D eigenvalue weighted by molar-refractivity contribution is -0.134. The molecule has 0 radical (unpaired) electrons. The van der Waals surface area contributed by atoms with Crippen molar-refractivity contribution in [3.05, 3.63) is 42.5 Å². The van der Waals surface area contributed by atoms with E-state index in [1.165, 1.54) is 0 Å². The summed E-state index contributed by atoms with van der Waals surface area (Å²) < 4.78 is 10.8. The van der Waals surface area contributed by atoms with E-state index in [0.29, 0.717) is 12.4 Å². The Morgan fingerprint density at radius 3 is 2.59 bits per heavy atom. The van der Waals surface area contributed by atoms with Crippen LogP contribution in [0, 0.1) is 0 Å². The molecule has 0 spiro atoms. The summed E-state index contributed by atoms with van der Waals surface area (Å²) in [6.45, 7) is 5.73. The minimum Gasteiger partial charge on any atom is -0.478 e. The van der Waals surface area contributed by atoms with Crippen molar-refractivity contribution < 1.29 is 19.4 Å². The molecule has 0 aliphatic heterocycles. The summed E-state index contributed by atoms with van der Waals surface area (Å²) in [4.78, 5) is 10.7. The van der Waals surface area contributed by atoms with Gasteiger partial charge in [-0.15, -0.1) is 0 Å². The highest BCUT2D eigenvalue weighted by Crippen LogP contribution is 2.15. The van der Waals surface area contributed by atoms with E-state index >= 15 is 0 Å². The van der Waals surface area contributed by atoms with Crippen LogP contribution in [0.2, 0.25) is 0 Å². The minimum absolute atomic E-state index is 0.0689. The van der Waals surface area contributed by atoms with Crippen LogP contribution in [-0.4, -0.2) is 24.0 Å². The summed E-state index contributed by atoms with van der Waals surface area (Å²) >= 11 is 0. The molecule has 1 atom stereocenters. The van der Waals surface area contributed by atoms with Crippen molar-refractivity contribution in [2.75, 3.05) is 6.61 Å². The highest BCUT2D eigenvalue weighted by atomic mass is 16.7. The van der Waals surface area contributed by atoms with Crippen LogP contribution in [0.15, 0.2) is 42.5 Å². The zero-order chi connectivity index (χ0) is 12.7. The monoisotopic (exact) mass is 236 g/mol. The van der Waals surface area contributed by atoms with E-state index in [1.807, 2.05) is 25.1 Å². The second-order valence-electron chi connectivity index (χ2n) is 3.43. The first-order valence-corrected chi connectivity index (χ1v) is 5.38. The molecule has 1 N–H and O–H groups in total. The van der Waals surface area contributed by atoms with E-state index in [-0.39, 0.29) is 12.0 Å². The smallest absolute Gasteiger partial charge is 0.331 e. The summed E-state index contributed by atoms with van der Waals surface area (Å²) in [7, 11) is 0. The van der Waals surface area contributed by atoms with Crippen LogP contribution in [-0.2, 0) is 9.53 Å². The Balaban J connectivity index is 2.60. The second-order valence-corrected chi connectivity index (χ2v) is 3.43. The molecule has 0 amide bonds. The number of ether oxygens (including phenoxy) is 2. The molecular weight excluding hydrogens is 220 g/mol. The van der Waals surface area contributed by atoms with Gasteiger partial charge in [-0.3, -0.25) is 0 Å². The van der Waals surface area contributed by atoms with Crippen LogP contribution in [0.25, 0.3) is 0 Å². The third kappa shape index (κ3) is 4.70. The lowest BCUT2D eigenvalue weighted by Crippen LogP contribution is -2.22. The summed E-state index contributed by atoms with van der Waals surface area (Å²) in [5, 5.41) is 8.75. The van der Waals surface area contributed by atoms with Crippen molar-refractivity contribution in [3.63, 3.8) is 0 Å². The van der Waals surface area contributed by atoms with E-state index in [0.717, 1.165) is 0 Å². The summed E-state index contributed by atoms with van der Waals surface area (Å²) in [6, 6.07) is 9.12. The molecule has 0 heterocycles. The Morgan fingerprint density at radius 1 is 1.41 bits per heavy atom. The number of rotatable bonds is 7. The van der Waals surface area contributed by atoms with Gasteiger partial charge < -0.3 is 14.6 Å². The van der Waals surface area contributed by atoms with Gasteiger partial charge in [0, 0.05) is 18.6 Å². The maximum atomic E-state index is 10.7. The van der Waals surface area contributed by atoms with Crippen molar-refractivity contribution in [1.82, 2.24) is 0 Å². The highest BCUT2D eigenvalue weighted by molar-refractivity contribution is 5.85. The molecule has 0 aliphatic rings. The van der Waals surface area contributed by atoms with Crippen molar-refractivity contribution in [3.8, 4) is 5.75 Å². The number of para-hydroxylation sites is 1. The third-order valence-corrected chi connectivity index (χ3v) is 2.08. The van der Waals surface area contributed by atoms with Crippen LogP contribution in [0.1, 0.15) is 13.3 Å². The highest BCUT2D eigenvalue weighted by Gasteiger charge is 2.15. The largest absolute Gasteiger partial charge is 0.478 e. The molecule has 1 aromatic carbocycles. The van der Waals surface area contributed by atoms with Crippen molar-refractivity contribution in [2.45, 2.75) is 19.6 Å². The lowest BCUT2D eigenvalue weighted by atomic mass is 10.2. The van der Waals surface area contributed by atoms with Crippen molar-refractivity contribution >= 4 is 5.97 Å². The Labute approximate surface area is 100 Å². The molecule has 0 saturated heterocycles. The van der Waals surface area contributed by atoms with E-state index < -0.39 is 12.3 Å². The molecule has 1 unspecified atom stereocenters. The fourth-order valence-electron chi connectivity index (χ4n) is 1.26. The molecule has 0 bridgehead atoms. The molecule has 0 fully saturated rings. The SMILES string of the molecule is C=C(CC(OCC)Oc1ccccc1)C(=O)O. The van der Waals surface area contributed by atoms with Crippen molar-refractivity contribution in [2.24, 2.45) is 0 Å². The first kappa shape index (κ1) is 13.3. The average molecular weight is 236 g/mol. The standard InChI is InChI=1S/C13H16O4/c1-3-16-12(9-10(2)13(14)15)17-11-7-5-4-6-8-11/h4-8,12H,2-3,9H2,1H3,(H,14,15). The van der Waals surface area contributed by atoms with Crippen LogP contribution < -0.4 is 4.74 Å². The summed E-state index contributed by atoms with van der Waals surface area (Å²) in [5.74, 6) is -0.393. The van der Waals surface area contributed by atoms with Gasteiger partial charge in [-0.2, -0.15) is 0 Å². The molecule has 17 heavy (non-hydrogen) atoms. The van der Waals surface area contributed by atoms with Gasteiger partial charge in [0.1, 0.15) is 5.75 Å². The lowest BCUT2D eigenvalue weighted by Gasteiger charge is -2.18. The molecule has 0 aliphatic carbocycles. The van der Waals surface area contributed by atoms with Gasteiger partial charge in [-0.05, 0) is 19.1 Å². The Kier molecular flexibility index (Phi) is 5.23. The molecule has 92 valence electrons. The van der Waals surface area contributed by atoms with Gasteiger partial charge in [0.2, 0.25) is 6.29 Å².